The van der Waals surface area contributed by atoms with Gasteiger partial charge in [-0.1, -0.05) is 31.9 Å². The summed E-state index contributed by atoms with van der Waals surface area (Å²) in [6.07, 6.45) is 12.3. The van der Waals surface area contributed by atoms with Crippen LogP contribution in [0.2, 0.25) is 0 Å². The third kappa shape index (κ3) is 9.16. The van der Waals surface area contributed by atoms with E-state index in [2.05, 4.69) is 23.8 Å². The Morgan fingerprint density at radius 1 is 1.07 bits per heavy atom. The van der Waals surface area contributed by atoms with Gasteiger partial charge in [0.05, 0.1) is 32.5 Å². The van der Waals surface area contributed by atoms with Gasteiger partial charge >= 0.3 is 5.97 Å². The number of rotatable bonds is 13. The van der Waals surface area contributed by atoms with Gasteiger partial charge in [-0.3, -0.25) is 4.79 Å². The van der Waals surface area contributed by atoms with Crippen molar-refractivity contribution < 1.29 is 73.3 Å². The molecule has 1 aliphatic heterocycles. The molecule has 171 valence electrons. The van der Waals surface area contributed by atoms with E-state index in [1.54, 1.807) is 0 Å². The molecule has 7 heteroatoms. The number of carbonyl (C=O) groups excluding carboxylic acids is 1. The third-order valence-corrected chi connectivity index (χ3v) is 6.41. The molecular formula is C23H40AcO6. The molecule has 0 amide bonds. The molecular weight excluding hydrogens is 599 g/mol. The minimum Gasteiger partial charge on any atom is -0.469 e. The van der Waals surface area contributed by atoms with E-state index in [1.165, 1.54) is 13.5 Å². The van der Waals surface area contributed by atoms with Crippen LogP contribution in [0.1, 0.15) is 77.6 Å². The molecule has 0 aromatic heterocycles. The predicted molar refractivity (Wildman–Crippen MR) is 111 cm³/mol. The Morgan fingerprint density at radius 2 is 1.77 bits per heavy atom. The maximum absolute atomic E-state index is 11.1. The smallest absolute Gasteiger partial charge is 0.305 e. The fourth-order valence-electron chi connectivity index (χ4n) is 4.69. The van der Waals surface area contributed by atoms with E-state index in [-0.39, 0.29) is 61.9 Å². The van der Waals surface area contributed by atoms with E-state index in [4.69, 9.17) is 9.47 Å². The first kappa shape index (κ1) is 28.5. The first-order valence-corrected chi connectivity index (χ1v) is 11.4. The summed E-state index contributed by atoms with van der Waals surface area (Å²) in [5.41, 5.74) is 0. The standard InChI is InChI=1S/C23H40O6.Ac/c1-3-4-9-13-23(28-15-16-29-23)14-12-19-18(20(24)17-21(19)25)10-7-5-6-8-11-22(26)27-2;/h5,7,18-21,24-25H,3-4,6,8-17H2,1-2H3;/b7-5-;/t18?,19-,20+,21+;/m1./s1. The maximum Gasteiger partial charge on any atom is 0.305 e. The Bertz CT molecular complexity index is 506. The van der Waals surface area contributed by atoms with Gasteiger partial charge in [0.1, 0.15) is 0 Å². The molecule has 4 atom stereocenters. The summed E-state index contributed by atoms with van der Waals surface area (Å²) < 4.78 is 16.6. The fraction of sp³-hybridized carbons (Fsp3) is 0.870. The van der Waals surface area contributed by atoms with Crippen LogP contribution in [0.3, 0.4) is 0 Å². The molecule has 2 N–H and O–H groups in total. The normalized spacial score (nSPS) is 28.0. The summed E-state index contributed by atoms with van der Waals surface area (Å²) >= 11 is 0. The zero-order valence-corrected chi connectivity index (χ0v) is 23.5. The van der Waals surface area contributed by atoms with Crippen molar-refractivity contribution >= 4 is 5.97 Å². The maximum atomic E-state index is 11.1. The summed E-state index contributed by atoms with van der Waals surface area (Å²) in [6.45, 7) is 3.46. The molecule has 1 saturated carbocycles. The number of esters is 1. The monoisotopic (exact) mass is 639 g/mol. The van der Waals surface area contributed by atoms with E-state index in [0.29, 0.717) is 26.1 Å². The van der Waals surface area contributed by atoms with Gasteiger partial charge in [0.2, 0.25) is 0 Å². The Balaban J connectivity index is 0.00000450. The van der Waals surface area contributed by atoms with Gasteiger partial charge in [0, 0.05) is 63.3 Å². The Kier molecular flexibility index (Phi) is 14.6. The van der Waals surface area contributed by atoms with Gasteiger partial charge in [-0.2, -0.15) is 0 Å². The Morgan fingerprint density at radius 3 is 2.43 bits per heavy atom. The number of methoxy groups -OCH3 is 1. The zero-order valence-electron chi connectivity index (χ0n) is 18.8. The summed E-state index contributed by atoms with van der Waals surface area (Å²) in [4.78, 5) is 11.1. The molecule has 30 heavy (non-hydrogen) atoms. The second-order valence-corrected chi connectivity index (χ2v) is 8.48. The SMILES string of the molecule is CCCCCC1(CC[C@@H]2C(C/C=C\CCCC(=O)OC)[C@@H](O)C[C@@H]2O)OCCO1.[Ac]. The van der Waals surface area contributed by atoms with Gasteiger partial charge in [-0.15, -0.1) is 0 Å². The van der Waals surface area contributed by atoms with Crippen molar-refractivity contribution in [2.75, 3.05) is 20.3 Å². The molecule has 1 heterocycles. The van der Waals surface area contributed by atoms with Crippen LogP contribution in [0.15, 0.2) is 12.2 Å². The number of unbranched alkanes of at least 4 members (excludes halogenated alkanes) is 3. The van der Waals surface area contributed by atoms with Crippen LogP contribution in [-0.2, 0) is 19.0 Å². The van der Waals surface area contributed by atoms with Crippen LogP contribution in [0.25, 0.3) is 0 Å². The number of aliphatic hydroxyl groups is 2. The van der Waals surface area contributed by atoms with E-state index >= 15 is 0 Å². The molecule has 0 aromatic rings. The van der Waals surface area contributed by atoms with Crippen LogP contribution >= 0.6 is 0 Å². The molecule has 1 radical (unpaired) electrons. The first-order chi connectivity index (χ1) is 14.0. The number of hydrogen-bond acceptors (Lipinski definition) is 6. The number of aliphatic hydroxyl groups excluding tert-OH is 2. The molecule has 2 rings (SSSR count). The van der Waals surface area contributed by atoms with Crippen molar-refractivity contribution in [2.24, 2.45) is 11.8 Å². The van der Waals surface area contributed by atoms with Crippen molar-refractivity contribution in [2.45, 2.75) is 95.5 Å². The van der Waals surface area contributed by atoms with Gasteiger partial charge in [-0.05, 0) is 50.4 Å². The minimum absolute atomic E-state index is 0. The van der Waals surface area contributed by atoms with E-state index < -0.39 is 18.0 Å². The number of carbonyl (C=O) groups is 1. The molecule has 1 aliphatic carbocycles. The van der Waals surface area contributed by atoms with Crippen molar-refractivity contribution in [1.29, 1.82) is 0 Å². The summed E-state index contributed by atoms with van der Waals surface area (Å²) in [5, 5.41) is 21.0. The molecule has 0 aromatic carbocycles. The summed E-state index contributed by atoms with van der Waals surface area (Å²) in [6, 6.07) is 0. The van der Waals surface area contributed by atoms with Crippen molar-refractivity contribution in [1.82, 2.24) is 0 Å². The van der Waals surface area contributed by atoms with Crippen LogP contribution < -0.4 is 0 Å². The van der Waals surface area contributed by atoms with Crippen LogP contribution in [0.4, 0.5) is 0 Å². The number of ether oxygens (including phenoxy) is 3. The topological polar surface area (TPSA) is 85.2 Å². The summed E-state index contributed by atoms with van der Waals surface area (Å²) in [7, 11) is 1.40. The quantitative estimate of drug-likeness (QED) is 0.182. The molecule has 1 unspecified atom stereocenters. The van der Waals surface area contributed by atoms with Crippen LogP contribution in [0.5, 0.6) is 0 Å². The van der Waals surface area contributed by atoms with Gasteiger partial charge < -0.3 is 24.4 Å². The predicted octanol–water partition coefficient (Wildman–Crippen LogP) is 3.74. The van der Waals surface area contributed by atoms with Gasteiger partial charge in [-0.25, -0.2) is 0 Å². The average molecular weight is 640 g/mol. The van der Waals surface area contributed by atoms with E-state index in [1.807, 2.05) is 0 Å². The van der Waals surface area contributed by atoms with Crippen molar-refractivity contribution in [3.8, 4) is 0 Å². The molecule has 6 nitrogen and oxygen atoms in total. The Hall–Kier alpha value is 0.492. The summed E-state index contributed by atoms with van der Waals surface area (Å²) in [5.74, 6) is -0.579. The van der Waals surface area contributed by atoms with Crippen molar-refractivity contribution in [3.05, 3.63) is 12.2 Å². The second-order valence-electron chi connectivity index (χ2n) is 8.48. The van der Waals surface area contributed by atoms with E-state index in [9.17, 15) is 15.0 Å². The fourth-order valence-corrected chi connectivity index (χ4v) is 4.69. The Labute approximate surface area is 217 Å². The second kappa shape index (κ2) is 15.4. The molecule has 0 bridgehead atoms. The number of allylic oxidation sites excluding steroid dienone is 2. The molecule has 2 aliphatic rings. The van der Waals surface area contributed by atoms with Crippen molar-refractivity contribution in [3.63, 3.8) is 0 Å². The molecule has 2 fully saturated rings. The average Bonchev–Trinajstić information content (AvgIpc) is 3.27. The van der Waals surface area contributed by atoms with Gasteiger partial charge in [0.25, 0.3) is 0 Å². The number of hydrogen-bond donors (Lipinski definition) is 2. The van der Waals surface area contributed by atoms with Crippen LogP contribution in [-0.4, -0.2) is 54.5 Å². The zero-order chi connectivity index (χ0) is 21.1. The molecule has 0 spiro atoms. The third-order valence-electron chi connectivity index (χ3n) is 6.41. The van der Waals surface area contributed by atoms with Crippen LogP contribution in [0, 0.1) is 55.9 Å². The van der Waals surface area contributed by atoms with E-state index in [0.717, 1.165) is 51.4 Å². The first-order valence-electron chi connectivity index (χ1n) is 11.4. The largest absolute Gasteiger partial charge is 0.469 e. The van der Waals surface area contributed by atoms with Gasteiger partial charge in [0.15, 0.2) is 5.79 Å². The minimum atomic E-state index is -0.503. The molecule has 1 saturated heterocycles.